The molecule has 1 aromatic carbocycles. The number of hydrogen-bond donors (Lipinski definition) is 0. The number of nitrogens with zero attached hydrogens (tertiary/aromatic N) is 3. The van der Waals surface area contributed by atoms with Crippen molar-refractivity contribution in [2.24, 2.45) is 0 Å². The first-order valence-electron chi connectivity index (χ1n) is 6.37. The Kier molecular flexibility index (Phi) is 3.41. The average molecular weight is 312 g/mol. The van der Waals surface area contributed by atoms with Crippen LogP contribution >= 0.6 is 11.6 Å². The number of hydrogen-bond acceptors (Lipinski definition) is 3. The molecule has 0 N–H and O–H groups in total. The summed E-state index contributed by atoms with van der Waals surface area (Å²) in [6.07, 6.45) is 0. The van der Waals surface area contributed by atoms with Crippen LogP contribution in [0.4, 0.5) is 8.78 Å². The van der Waals surface area contributed by atoms with E-state index in [1.165, 1.54) is 10.6 Å². The molecular weight excluding hydrogens is 300 g/mol. The number of imidazole rings is 1. The van der Waals surface area contributed by atoms with Crippen molar-refractivity contribution in [3.05, 3.63) is 47.1 Å². The van der Waals surface area contributed by atoms with Crippen molar-refractivity contribution >= 4 is 22.6 Å². The lowest BCUT2D eigenvalue weighted by Crippen LogP contribution is -2.07. The van der Waals surface area contributed by atoms with E-state index in [9.17, 15) is 8.78 Å². The summed E-state index contributed by atoms with van der Waals surface area (Å²) in [4.78, 5) is 4.28. The van der Waals surface area contributed by atoms with Crippen LogP contribution in [0.2, 0.25) is 0 Å². The van der Waals surface area contributed by atoms with Crippen LogP contribution in [0.25, 0.3) is 11.0 Å². The molecule has 1 unspecified atom stereocenters. The SMILES string of the molecule is Cc1cc(Cn2c(C(C)Cl)nc3ccc(F)c(F)c32)no1. The van der Waals surface area contributed by atoms with Crippen molar-refractivity contribution in [2.75, 3.05) is 0 Å². The molecule has 3 rings (SSSR count). The number of halogens is 3. The molecule has 0 amide bonds. The Balaban J connectivity index is 2.22. The number of aromatic nitrogens is 3. The van der Waals surface area contributed by atoms with Crippen LogP contribution in [-0.2, 0) is 6.54 Å². The minimum atomic E-state index is -0.941. The molecule has 0 saturated carbocycles. The van der Waals surface area contributed by atoms with Crippen LogP contribution in [0.1, 0.15) is 29.6 Å². The normalized spacial score (nSPS) is 13.0. The Hall–Kier alpha value is -1.95. The lowest BCUT2D eigenvalue weighted by atomic mass is 10.3. The number of rotatable bonds is 3. The predicted octanol–water partition coefficient (Wildman–Crippen LogP) is 3.96. The van der Waals surface area contributed by atoms with Gasteiger partial charge < -0.3 is 9.09 Å². The second kappa shape index (κ2) is 5.11. The lowest BCUT2D eigenvalue weighted by molar-refractivity contribution is 0.388. The van der Waals surface area contributed by atoms with Gasteiger partial charge in [-0.1, -0.05) is 5.16 Å². The number of aryl methyl sites for hydroxylation is 1. The van der Waals surface area contributed by atoms with E-state index in [-0.39, 0.29) is 12.1 Å². The van der Waals surface area contributed by atoms with Crippen LogP contribution in [-0.4, -0.2) is 14.7 Å². The Labute approximate surface area is 124 Å². The van der Waals surface area contributed by atoms with Gasteiger partial charge in [0, 0.05) is 6.07 Å². The van der Waals surface area contributed by atoms with Gasteiger partial charge in [-0.25, -0.2) is 13.8 Å². The van der Waals surface area contributed by atoms with Crippen LogP contribution in [0.3, 0.4) is 0 Å². The van der Waals surface area contributed by atoms with E-state index >= 15 is 0 Å². The fourth-order valence-corrected chi connectivity index (χ4v) is 2.46. The molecule has 7 heteroatoms. The highest BCUT2D eigenvalue weighted by molar-refractivity contribution is 6.20. The molecule has 0 saturated heterocycles. The summed E-state index contributed by atoms with van der Waals surface area (Å²) < 4.78 is 34.1. The largest absolute Gasteiger partial charge is 0.361 e. The Morgan fingerprint density at radius 2 is 2.14 bits per heavy atom. The van der Waals surface area contributed by atoms with Crippen LogP contribution in [0.5, 0.6) is 0 Å². The Bertz CT molecular complexity index is 810. The Morgan fingerprint density at radius 3 is 2.76 bits per heavy atom. The summed E-state index contributed by atoms with van der Waals surface area (Å²) in [5.74, 6) is -0.768. The topological polar surface area (TPSA) is 43.9 Å². The van der Waals surface area contributed by atoms with Gasteiger partial charge in [0.05, 0.1) is 17.4 Å². The van der Waals surface area contributed by atoms with Crippen LogP contribution in [0, 0.1) is 18.6 Å². The average Bonchev–Trinajstić information content (AvgIpc) is 2.99. The molecule has 0 aliphatic rings. The van der Waals surface area contributed by atoms with E-state index in [4.69, 9.17) is 16.1 Å². The summed E-state index contributed by atoms with van der Waals surface area (Å²) in [5, 5.41) is 3.42. The molecule has 0 aliphatic heterocycles. The van der Waals surface area contributed by atoms with Crippen molar-refractivity contribution in [3.63, 3.8) is 0 Å². The van der Waals surface area contributed by atoms with Crippen molar-refractivity contribution in [1.82, 2.24) is 14.7 Å². The third kappa shape index (κ3) is 2.40. The van der Waals surface area contributed by atoms with Crippen molar-refractivity contribution in [3.8, 4) is 0 Å². The lowest BCUT2D eigenvalue weighted by Gasteiger charge is -2.09. The summed E-state index contributed by atoms with van der Waals surface area (Å²) in [7, 11) is 0. The summed E-state index contributed by atoms with van der Waals surface area (Å²) in [6.45, 7) is 3.69. The van der Waals surface area contributed by atoms with Gasteiger partial charge in [0.2, 0.25) is 0 Å². The molecule has 0 aliphatic carbocycles. The summed E-state index contributed by atoms with van der Waals surface area (Å²) in [5.41, 5.74) is 1.03. The van der Waals surface area contributed by atoms with Gasteiger partial charge in [-0.05, 0) is 26.0 Å². The minimum Gasteiger partial charge on any atom is -0.361 e. The highest BCUT2D eigenvalue weighted by Gasteiger charge is 2.20. The van der Waals surface area contributed by atoms with Gasteiger partial charge in [-0.2, -0.15) is 0 Å². The first-order valence-corrected chi connectivity index (χ1v) is 6.81. The molecule has 4 nitrogen and oxygen atoms in total. The Morgan fingerprint density at radius 1 is 1.38 bits per heavy atom. The molecule has 2 heterocycles. The van der Waals surface area contributed by atoms with E-state index in [0.717, 1.165) is 6.07 Å². The summed E-state index contributed by atoms with van der Waals surface area (Å²) in [6, 6.07) is 4.21. The number of fused-ring (bicyclic) bond motifs is 1. The molecule has 0 bridgehead atoms. The first-order chi connectivity index (χ1) is 9.97. The summed E-state index contributed by atoms with van der Waals surface area (Å²) >= 11 is 6.10. The van der Waals surface area contributed by atoms with Crippen molar-refractivity contribution in [1.29, 1.82) is 0 Å². The van der Waals surface area contributed by atoms with Crippen LogP contribution < -0.4 is 0 Å². The third-order valence-electron chi connectivity index (χ3n) is 3.18. The quantitative estimate of drug-likeness (QED) is 0.688. The second-order valence-corrected chi connectivity index (χ2v) is 5.48. The molecule has 3 aromatic rings. The maximum absolute atomic E-state index is 14.1. The zero-order valence-corrected chi connectivity index (χ0v) is 12.2. The molecule has 0 radical (unpaired) electrons. The predicted molar refractivity (Wildman–Crippen MR) is 74.3 cm³/mol. The van der Waals surface area contributed by atoms with Gasteiger partial charge in [0.1, 0.15) is 22.8 Å². The van der Waals surface area contributed by atoms with E-state index in [1.54, 1.807) is 19.9 Å². The van der Waals surface area contributed by atoms with E-state index in [1.807, 2.05) is 0 Å². The molecule has 21 heavy (non-hydrogen) atoms. The van der Waals surface area contributed by atoms with E-state index in [0.29, 0.717) is 22.8 Å². The van der Waals surface area contributed by atoms with Gasteiger partial charge in [0.25, 0.3) is 0 Å². The highest BCUT2D eigenvalue weighted by atomic mass is 35.5. The second-order valence-electron chi connectivity index (χ2n) is 4.83. The fourth-order valence-electron chi connectivity index (χ4n) is 2.29. The van der Waals surface area contributed by atoms with Gasteiger partial charge >= 0.3 is 0 Å². The van der Waals surface area contributed by atoms with Gasteiger partial charge in [-0.3, -0.25) is 0 Å². The first kappa shape index (κ1) is 14.0. The molecule has 2 aromatic heterocycles. The molecule has 110 valence electrons. The van der Waals surface area contributed by atoms with Crippen LogP contribution in [0.15, 0.2) is 22.7 Å². The maximum Gasteiger partial charge on any atom is 0.184 e. The standard InChI is InChI=1S/C14H12ClF2N3O/c1-7-5-9(19-21-7)6-20-13-11(18-14(20)8(2)15)4-3-10(16)12(13)17/h3-5,8H,6H2,1-2H3. The minimum absolute atomic E-state index is 0.0816. The van der Waals surface area contributed by atoms with Gasteiger partial charge in [-0.15, -0.1) is 11.6 Å². The van der Waals surface area contributed by atoms with Crippen molar-refractivity contribution in [2.45, 2.75) is 25.8 Å². The molecule has 0 spiro atoms. The number of benzene rings is 1. The van der Waals surface area contributed by atoms with E-state index < -0.39 is 17.0 Å². The zero-order valence-electron chi connectivity index (χ0n) is 11.4. The maximum atomic E-state index is 14.1. The van der Waals surface area contributed by atoms with Gasteiger partial charge in [0.15, 0.2) is 11.6 Å². The highest BCUT2D eigenvalue weighted by Crippen LogP contribution is 2.28. The van der Waals surface area contributed by atoms with E-state index in [2.05, 4.69) is 10.1 Å². The van der Waals surface area contributed by atoms with Crippen molar-refractivity contribution < 1.29 is 13.3 Å². The fraction of sp³-hybridized carbons (Fsp3) is 0.286. The smallest absolute Gasteiger partial charge is 0.184 e. The molecule has 0 fully saturated rings. The molecular formula is C14H12ClF2N3O. The monoisotopic (exact) mass is 311 g/mol. The third-order valence-corrected chi connectivity index (χ3v) is 3.38. The molecule has 1 atom stereocenters. The zero-order chi connectivity index (χ0) is 15.1. The number of alkyl halides is 1.